The largest absolute Gasteiger partial charge is 0.379 e. The van der Waals surface area contributed by atoms with Crippen LogP contribution in [-0.2, 0) is 9.47 Å². The van der Waals surface area contributed by atoms with Crippen LogP contribution in [0.2, 0.25) is 0 Å². The molecule has 2 N–H and O–H groups in total. The Morgan fingerprint density at radius 1 is 1.31 bits per heavy atom. The molecule has 6 nitrogen and oxygen atoms in total. The van der Waals surface area contributed by atoms with Crippen molar-refractivity contribution in [2.24, 2.45) is 16.3 Å². The Hall–Kier alpha value is -0.850. The SMILES string of the molecule is CCOC1CC(NC(=NC)NCC(C(C)C)N2CCOCC2)C12CCC2. The molecule has 1 spiro atoms. The lowest BCUT2D eigenvalue weighted by atomic mass is 9.51. The van der Waals surface area contributed by atoms with E-state index < -0.39 is 0 Å². The van der Waals surface area contributed by atoms with Gasteiger partial charge >= 0.3 is 0 Å². The van der Waals surface area contributed by atoms with Gasteiger partial charge in [-0.25, -0.2) is 0 Å². The molecule has 1 saturated heterocycles. The molecule has 0 radical (unpaired) electrons. The fourth-order valence-corrected chi connectivity index (χ4v) is 4.90. The van der Waals surface area contributed by atoms with Crippen LogP contribution in [-0.4, -0.2) is 75.5 Å². The highest BCUT2D eigenvalue weighted by Crippen LogP contribution is 2.57. The van der Waals surface area contributed by atoms with Crippen molar-refractivity contribution in [3.8, 4) is 0 Å². The molecule has 0 aromatic heterocycles. The highest BCUT2D eigenvalue weighted by Gasteiger charge is 2.59. The molecule has 2 saturated carbocycles. The molecule has 3 rings (SSSR count). The Balaban J connectivity index is 1.51. The summed E-state index contributed by atoms with van der Waals surface area (Å²) in [5, 5.41) is 7.29. The van der Waals surface area contributed by atoms with Crippen molar-refractivity contribution >= 4 is 5.96 Å². The number of morpholine rings is 1. The fraction of sp³-hybridized carbons (Fsp3) is 0.950. The highest BCUT2D eigenvalue weighted by molar-refractivity contribution is 5.80. The van der Waals surface area contributed by atoms with Gasteiger partial charge in [0, 0.05) is 50.8 Å². The van der Waals surface area contributed by atoms with Gasteiger partial charge in [-0.1, -0.05) is 20.3 Å². The molecule has 0 amide bonds. The molecule has 1 heterocycles. The number of nitrogens with zero attached hydrogens (tertiary/aromatic N) is 2. The highest BCUT2D eigenvalue weighted by atomic mass is 16.5. The fourth-order valence-electron chi connectivity index (χ4n) is 4.90. The number of hydrogen-bond acceptors (Lipinski definition) is 4. The van der Waals surface area contributed by atoms with E-state index in [1.165, 1.54) is 19.3 Å². The first-order valence-corrected chi connectivity index (χ1v) is 10.5. The maximum Gasteiger partial charge on any atom is 0.191 e. The summed E-state index contributed by atoms with van der Waals surface area (Å²) in [5.41, 5.74) is 0.356. The zero-order valence-electron chi connectivity index (χ0n) is 17.1. The third-order valence-electron chi connectivity index (χ3n) is 6.73. The van der Waals surface area contributed by atoms with Gasteiger partial charge in [0.1, 0.15) is 0 Å². The van der Waals surface area contributed by atoms with Gasteiger partial charge in [-0.2, -0.15) is 0 Å². The molecule has 6 heteroatoms. The van der Waals surface area contributed by atoms with Crippen LogP contribution in [0.4, 0.5) is 0 Å². The monoisotopic (exact) mass is 366 g/mol. The average molecular weight is 367 g/mol. The Labute approximate surface area is 159 Å². The summed E-state index contributed by atoms with van der Waals surface area (Å²) in [4.78, 5) is 7.04. The van der Waals surface area contributed by atoms with Crippen LogP contribution in [0.3, 0.4) is 0 Å². The second kappa shape index (κ2) is 8.89. The second-order valence-corrected chi connectivity index (χ2v) is 8.38. The molecule has 0 aromatic carbocycles. The van der Waals surface area contributed by atoms with Crippen molar-refractivity contribution in [3.63, 3.8) is 0 Å². The van der Waals surface area contributed by atoms with Crippen LogP contribution < -0.4 is 10.6 Å². The molecule has 26 heavy (non-hydrogen) atoms. The van der Waals surface area contributed by atoms with Crippen LogP contribution in [0.5, 0.6) is 0 Å². The van der Waals surface area contributed by atoms with Crippen molar-refractivity contribution < 1.29 is 9.47 Å². The summed E-state index contributed by atoms with van der Waals surface area (Å²) in [6.07, 6.45) is 5.45. The summed E-state index contributed by atoms with van der Waals surface area (Å²) in [6, 6.07) is 1.01. The number of nitrogens with one attached hydrogen (secondary N) is 2. The molecule has 2 aliphatic carbocycles. The molecule has 3 unspecified atom stereocenters. The van der Waals surface area contributed by atoms with E-state index in [0.29, 0.717) is 29.5 Å². The van der Waals surface area contributed by atoms with Gasteiger partial charge in [-0.15, -0.1) is 0 Å². The van der Waals surface area contributed by atoms with Gasteiger partial charge in [-0.3, -0.25) is 9.89 Å². The van der Waals surface area contributed by atoms with Gasteiger partial charge < -0.3 is 20.1 Å². The van der Waals surface area contributed by atoms with E-state index in [-0.39, 0.29) is 0 Å². The Morgan fingerprint density at radius 3 is 2.58 bits per heavy atom. The number of hydrogen-bond donors (Lipinski definition) is 2. The third-order valence-corrected chi connectivity index (χ3v) is 6.73. The molecule has 3 fully saturated rings. The molecule has 0 aromatic rings. The summed E-state index contributed by atoms with van der Waals surface area (Å²) < 4.78 is 11.5. The predicted molar refractivity (Wildman–Crippen MR) is 106 cm³/mol. The molecule has 1 aliphatic heterocycles. The normalized spacial score (nSPS) is 30.0. The van der Waals surface area contributed by atoms with Crippen LogP contribution in [0, 0.1) is 11.3 Å². The zero-order valence-corrected chi connectivity index (χ0v) is 17.1. The number of ether oxygens (including phenoxy) is 2. The summed E-state index contributed by atoms with van der Waals surface area (Å²) in [5.74, 6) is 1.54. The van der Waals surface area contributed by atoms with Gasteiger partial charge in [0.25, 0.3) is 0 Å². The minimum Gasteiger partial charge on any atom is -0.379 e. The summed E-state index contributed by atoms with van der Waals surface area (Å²) in [7, 11) is 1.88. The number of aliphatic imine (C=N–C) groups is 1. The van der Waals surface area contributed by atoms with E-state index in [0.717, 1.165) is 51.8 Å². The van der Waals surface area contributed by atoms with Crippen molar-refractivity contribution in [1.82, 2.24) is 15.5 Å². The van der Waals surface area contributed by atoms with E-state index in [1.54, 1.807) is 0 Å². The topological polar surface area (TPSA) is 58.1 Å². The molecule has 3 atom stereocenters. The van der Waals surface area contributed by atoms with E-state index in [9.17, 15) is 0 Å². The Morgan fingerprint density at radius 2 is 2.04 bits per heavy atom. The maximum atomic E-state index is 5.97. The van der Waals surface area contributed by atoms with Crippen molar-refractivity contribution in [1.29, 1.82) is 0 Å². The standard InChI is InChI=1S/C20H38N4O2/c1-5-26-18-13-17(20(18)7-6-8-20)23-19(21-4)22-14-16(15(2)3)24-9-11-25-12-10-24/h15-18H,5-14H2,1-4H3,(H2,21,22,23). The minimum atomic E-state index is 0.356. The first kappa shape index (κ1) is 19.9. The third kappa shape index (κ3) is 4.02. The predicted octanol–water partition coefficient (Wildman–Crippen LogP) is 1.86. The van der Waals surface area contributed by atoms with Gasteiger partial charge in [-0.05, 0) is 32.1 Å². The lowest BCUT2D eigenvalue weighted by Gasteiger charge is -2.61. The number of rotatable bonds is 7. The molecule has 150 valence electrons. The van der Waals surface area contributed by atoms with Crippen molar-refractivity contribution in [2.75, 3.05) is 46.5 Å². The zero-order chi connectivity index (χ0) is 18.6. The van der Waals surface area contributed by atoms with E-state index >= 15 is 0 Å². The van der Waals surface area contributed by atoms with Crippen LogP contribution >= 0.6 is 0 Å². The Kier molecular flexibility index (Phi) is 6.81. The van der Waals surface area contributed by atoms with Gasteiger partial charge in [0.05, 0.1) is 19.3 Å². The molecule has 0 bridgehead atoms. The number of guanidine groups is 1. The minimum absolute atomic E-state index is 0.356. The second-order valence-electron chi connectivity index (χ2n) is 8.38. The Bertz CT molecular complexity index is 472. The first-order valence-electron chi connectivity index (χ1n) is 10.5. The van der Waals surface area contributed by atoms with Crippen molar-refractivity contribution in [3.05, 3.63) is 0 Å². The molecular weight excluding hydrogens is 328 g/mol. The van der Waals surface area contributed by atoms with Crippen LogP contribution in [0.15, 0.2) is 4.99 Å². The average Bonchev–Trinajstić information content (AvgIpc) is 2.58. The lowest BCUT2D eigenvalue weighted by Crippen LogP contribution is -2.69. The quantitative estimate of drug-likeness (QED) is 0.532. The smallest absolute Gasteiger partial charge is 0.191 e. The van der Waals surface area contributed by atoms with E-state index in [4.69, 9.17) is 9.47 Å². The van der Waals surface area contributed by atoms with Gasteiger partial charge in [0.15, 0.2) is 5.96 Å². The van der Waals surface area contributed by atoms with Gasteiger partial charge in [0.2, 0.25) is 0 Å². The van der Waals surface area contributed by atoms with Crippen LogP contribution in [0.1, 0.15) is 46.5 Å². The van der Waals surface area contributed by atoms with Crippen LogP contribution in [0.25, 0.3) is 0 Å². The lowest BCUT2D eigenvalue weighted by molar-refractivity contribution is -0.168. The maximum absolute atomic E-state index is 5.97. The van der Waals surface area contributed by atoms with E-state index in [1.807, 2.05) is 7.05 Å². The molecular formula is C20H38N4O2. The summed E-state index contributed by atoms with van der Waals surface area (Å²) >= 11 is 0. The first-order chi connectivity index (χ1) is 12.6. The molecule has 3 aliphatic rings. The summed E-state index contributed by atoms with van der Waals surface area (Å²) in [6.45, 7) is 12.2. The van der Waals surface area contributed by atoms with Crippen molar-refractivity contribution in [2.45, 2.75) is 64.6 Å². The van der Waals surface area contributed by atoms with E-state index in [2.05, 4.69) is 41.3 Å².